The summed E-state index contributed by atoms with van der Waals surface area (Å²) in [7, 11) is -2.21. The second-order valence-electron chi connectivity index (χ2n) is 2.56. The van der Waals surface area contributed by atoms with Crippen LogP contribution >= 0.6 is 0 Å². The summed E-state index contributed by atoms with van der Waals surface area (Å²) in [6.45, 7) is 3.70. The molecule has 0 aliphatic carbocycles. The molecule has 4 nitrogen and oxygen atoms in total. The van der Waals surface area contributed by atoms with Crippen molar-refractivity contribution in [2.75, 3.05) is 12.9 Å². The molecule has 10 heavy (non-hydrogen) atoms. The highest BCUT2D eigenvalue weighted by Crippen LogP contribution is 1.95. The summed E-state index contributed by atoms with van der Waals surface area (Å²) in [4.78, 5) is 1.54. The van der Waals surface area contributed by atoms with Crippen molar-refractivity contribution in [3.8, 4) is 0 Å². The van der Waals surface area contributed by atoms with Crippen LogP contribution < -0.4 is 0 Å². The molecule has 0 rings (SSSR count). The Morgan fingerprint density at radius 2 is 1.90 bits per heavy atom. The van der Waals surface area contributed by atoms with Crippen molar-refractivity contribution in [3.63, 3.8) is 0 Å². The van der Waals surface area contributed by atoms with Crippen molar-refractivity contribution < 1.29 is 13.0 Å². The average Bonchev–Trinajstić information content (AvgIpc) is 1.60. The van der Waals surface area contributed by atoms with Crippen molar-refractivity contribution >= 4 is 10.1 Å². The van der Waals surface area contributed by atoms with Gasteiger partial charge in [-0.25, -0.2) is 0 Å². The van der Waals surface area contributed by atoms with Crippen LogP contribution in [0.4, 0.5) is 0 Å². The zero-order valence-electron chi connectivity index (χ0n) is 6.40. The Balaban J connectivity index is 3.93. The third kappa shape index (κ3) is 4.72. The van der Waals surface area contributed by atoms with Gasteiger partial charge in [0, 0.05) is 6.04 Å². The minimum atomic E-state index is -3.84. The predicted molar refractivity (Wildman–Crippen MR) is 39.3 cm³/mol. The molecule has 0 aromatic carbocycles. The SMILES string of the molecule is CC(C)N(C)CS(=O)(=O)O. The third-order valence-corrected chi connectivity index (χ3v) is 1.98. The lowest BCUT2D eigenvalue weighted by Gasteiger charge is -2.18. The summed E-state index contributed by atoms with van der Waals surface area (Å²) in [6, 6.07) is 0.127. The quantitative estimate of drug-likeness (QED) is 0.609. The Morgan fingerprint density at radius 3 is 2.00 bits per heavy atom. The van der Waals surface area contributed by atoms with Crippen LogP contribution in [0.1, 0.15) is 13.8 Å². The first-order valence-electron chi connectivity index (χ1n) is 2.98. The van der Waals surface area contributed by atoms with E-state index in [1.54, 1.807) is 7.05 Å². The van der Waals surface area contributed by atoms with Gasteiger partial charge in [0.1, 0.15) is 5.88 Å². The number of hydrogen-bond donors (Lipinski definition) is 1. The third-order valence-electron chi connectivity index (χ3n) is 1.25. The van der Waals surface area contributed by atoms with Gasteiger partial charge in [-0.15, -0.1) is 0 Å². The highest BCUT2D eigenvalue weighted by atomic mass is 32.2. The van der Waals surface area contributed by atoms with E-state index in [0.29, 0.717) is 0 Å². The summed E-state index contributed by atoms with van der Waals surface area (Å²) in [5.41, 5.74) is 0. The second kappa shape index (κ2) is 3.32. The molecular formula is C5H13NO3S. The van der Waals surface area contributed by atoms with E-state index in [2.05, 4.69) is 0 Å². The van der Waals surface area contributed by atoms with E-state index in [9.17, 15) is 8.42 Å². The minimum absolute atomic E-state index is 0.127. The topological polar surface area (TPSA) is 57.6 Å². The lowest BCUT2D eigenvalue weighted by molar-refractivity contribution is 0.303. The normalized spacial score (nSPS) is 13.0. The number of nitrogens with zero attached hydrogens (tertiary/aromatic N) is 1. The van der Waals surface area contributed by atoms with Crippen LogP contribution in [0.25, 0.3) is 0 Å². The van der Waals surface area contributed by atoms with Crippen molar-refractivity contribution in [2.24, 2.45) is 0 Å². The summed E-state index contributed by atoms with van der Waals surface area (Å²) < 4.78 is 28.9. The maximum absolute atomic E-state index is 10.3. The molecular weight excluding hydrogens is 154 g/mol. The first-order valence-corrected chi connectivity index (χ1v) is 4.59. The van der Waals surface area contributed by atoms with Crippen LogP contribution in [0, 0.1) is 0 Å². The standard InChI is InChI=1S/C5H13NO3S/c1-5(2)6(3)4-10(7,8)9/h5H,4H2,1-3H3,(H,7,8,9). The second-order valence-corrected chi connectivity index (χ2v) is 3.98. The van der Waals surface area contributed by atoms with Gasteiger partial charge in [-0.05, 0) is 20.9 Å². The molecule has 0 amide bonds. The maximum atomic E-state index is 10.3. The van der Waals surface area contributed by atoms with Crippen LogP contribution in [0.2, 0.25) is 0 Å². The van der Waals surface area contributed by atoms with Gasteiger partial charge in [0.15, 0.2) is 0 Å². The zero-order chi connectivity index (χ0) is 8.36. The molecule has 0 aromatic heterocycles. The van der Waals surface area contributed by atoms with Gasteiger partial charge < -0.3 is 0 Å². The van der Waals surface area contributed by atoms with Gasteiger partial charge in [-0.2, -0.15) is 8.42 Å². The fourth-order valence-electron chi connectivity index (χ4n) is 0.406. The maximum Gasteiger partial charge on any atom is 0.278 e. The van der Waals surface area contributed by atoms with Crippen molar-refractivity contribution in [1.29, 1.82) is 0 Å². The summed E-state index contributed by atoms with van der Waals surface area (Å²) in [5.74, 6) is -0.301. The van der Waals surface area contributed by atoms with E-state index >= 15 is 0 Å². The molecule has 0 aromatic rings. The monoisotopic (exact) mass is 167 g/mol. The van der Waals surface area contributed by atoms with E-state index in [-0.39, 0.29) is 11.9 Å². The molecule has 0 unspecified atom stereocenters. The Hall–Kier alpha value is -0.130. The zero-order valence-corrected chi connectivity index (χ0v) is 7.22. The van der Waals surface area contributed by atoms with Crippen LogP contribution in [0.15, 0.2) is 0 Å². The van der Waals surface area contributed by atoms with Gasteiger partial charge in [0.2, 0.25) is 0 Å². The molecule has 0 radical (unpaired) electrons. The van der Waals surface area contributed by atoms with E-state index in [4.69, 9.17) is 4.55 Å². The van der Waals surface area contributed by atoms with Gasteiger partial charge >= 0.3 is 0 Å². The Labute approximate surface area is 61.6 Å². The van der Waals surface area contributed by atoms with Crippen LogP contribution in [-0.4, -0.2) is 36.8 Å². The molecule has 0 fully saturated rings. The summed E-state index contributed by atoms with van der Waals surface area (Å²) in [6.07, 6.45) is 0. The predicted octanol–water partition coefficient (Wildman–Crippen LogP) is 0.172. The fraction of sp³-hybridized carbons (Fsp3) is 1.00. The molecule has 0 spiro atoms. The largest absolute Gasteiger partial charge is 0.288 e. The summed E-state index contributed by atoms with van der Waals surface area (Å²) in [5, 5.41) is 0. The Kier molecular flexibility index (Phi) is 3.27. The lowest BCUT2D eigenvalue weighted by atomic mass is 10.4. The molecule has 0 atom stereocenters. The molecule has 1 N–H and O–H groups in total. The molecule has 5 heteroatoms. The first-order chi connectivity index (χ1) is 4.33. The molecule has 0 aliphatic rings. The Bertz CT molecular complexity index is 185. The number of rotatable bonds is 3. The molecule has 62 valence electrons. The highest BCUT2D eigenvalue weighted by Gasteiger charge is 2.11. The van der Waals surface area contributed by atoms with E-state index in [0.717, 1.165) is 0 Å². The van der Waals surface area contributed by atoms with Gasteiger partial charge in [-0.3, -0.25) is 9.45 Å². The molecule has 0 saturated heterocycles. The van der Waals surface area contributed by atoms with Gasteiger partial charge in [0.05, 0.1) is 0 Å². The summed E-state index contributed by atoms with van der Waals surface area (Å²) >= 11 is 0. The Morgan fingerprint density at radius 1 is 1.50 bits per heavy atom. The average molecular weight is 167 g/mol. The number of hydrogen-bond acceptors (Lipinski definition) is 3. The minimum Gasteiger partial charge on any atom is -0.288 e. The van der Waals surface area contributed by atoms with Crippen LogP contribution in [0.3, 0.4) is 0 Å². The van der Waals surface area contributed by atoms with Crippen LogP contribution in [-0.2, 0) is 10.1 Å². The van der Waals surface area contributed by atoms with E-state index < -0.39 is 10.1 Å². The molecule has 0 heterocycles. The molecule has 0 saturated carbocycles. The van der Waals surface area contributed by atoms with Gasteiger partial charge in [-0.1, -0.05) is 0 Å². The first kappa shape index (κ1) is 9.87. The van der Waals surface area contributed by atoms with Crippen molar-refractivity contribution in [1.82, 2.24) is 4.90 Å². The lowest BCUT2D eigenvalue weighted by Crippen LogP contribution is -2.31. The smallest absolute Gasteiger partial charge is 0.278 e. The van der Waals surface area contributed by atoms with E-state index in [1.807, 2.05) is 13.8 Å². The van der Waals surface area contributed by atoms with E-state index in [1.165, 1.54) is 4.90 Å². The van der Waals surface area contributed by atoms with Crippen molar-refractivity contribution in [3.05, 3.63) is 0 Å². The van der Waals surface area contributed by atoms with Crippen LogP contribution in [0.5, 0.6) is 0 Å². The molecule has 0 bridgehead atoms. The highest BCUT2D eigenvalue weighted by molar-refractivity contribution is 7.85. The fourth-order valence-corrected chi connectivity index (χ4v) is 1.22. The van der Waals surface area contributed by atoms with Crippen molar-refractivity contribution in [2.45, 2.75) is 19.9 Å². The molecule has 0 aliphatic heterocycles. The van der Waals surface area contributed by atoms with Gasteiger partial charge in [0.25, 0.3) is 10.1 Å².